The van der Waals surface area contributed by atoms with Crippen LogP contribution in [0.5, 0.6) is 0 Å². The van der Waals surface area contributed by atoms with Crippen molar-refractivity contribution in [2.45, 2.75) is 52.0 Å². The van der Waals surface area contributed by atoms with Gasteiger partial charge in [-0.25, -0.2) is 0 Å². The van der Waals surface area contributed by atoms with Gasteiger partial charge < -0.3 is 5.32 Å². The molecule has 0 amide bonds. The molecule has 2 rings (SSSR count). The second-order valence-corrected chi connectivity index (χ2v) is 4.95. The van der Waals surface area contributed by atoms with Gasteiger partial charge in [0.05, 0.1) is 0 Å². The molecule has 1 N–H and O–H groups in total. The molecule has 0 aromatic heterocycles. The molecule has 1 aliphatic carbocycles. The molecule has 1 saturated carbocycles. The van der Waals surface area contributed by atoms with Gasteiger partial charge >= 0.3 is 0 Å². The van der Waals surface area contributed by atoms with E-state index in [-0.39, 0.29) is 0 Å². The smallest absolute Gasteiger partial charge is 0.0123 e. The Kier molecular flexibility index (Phi) is 2.16. The van der Waals surface area contributed by atoms with E-state index >= 15 is 0 Å². The largest absolute Gasteiger partial charge is 0.313 e. The highest BCUT2D eigenvalue weighted by atomic mass is 15.0. The van der Waals surface area contributed by atoms with Crippen LogP contribution in [0.4, 0.5) is 0 Å². The van der Waals surface area contributed by atoms with Gasteiger partial charge in [-0.05, 0) is 37.1 Å². The molecule has 1 heterocycles. The minimum atomic E-state index is 0.622. The summed E-state index contributed by atoms with van der Waals surface area (Å²) >= 11 is 0. The van der Waals surface area contributed by atoms with Crippen molar-refractivity contribution in [3.8, 4) is 0 Å². The van der Waals surface area contributed by atoms with Crippen LogP contribution < -0.4 is 5.32 Å². The van der Waals surface area contributed by atoms with Gasteiger partial charge in [0, 0.05) is 6.04 Å². The molecule has 70 valence electrons. The number of rotatable bonds is 0. The van der Waals surface area contributed by atoms with Crippen molar-refractivity contribution in [1.29, 1.82) is 0 Å². The summed E-state index contributed by atoms with van der Waals surface area (Å²) in [5, 5.41) is 3.69. The predicted molar refractivity (Wildman–Crippen MR) is 52.1 cm³/mol. The number of nitrogens with one attached hydrogen (secondary N) is 1. The maximum atomic E-state index is 3.69. The SMILES string of the molecule is CC1CCNC2CCCCC12C. The molecule has 0 radical (unpaired) electrons. The van der Waals surface area contributed by atoms with Crippen molar-refractivity contribution >= 4 is 0 Å². The van der Waals surface area contributed by atoms with E-state index < -0.39 is 0 Å². The summed E-state index contributed by atoms with van der Waals surface area (Å²) in [6, 6.07) is 0.829. The van der Waals surface area contributed by atoms with Gasteiger partial charge in [0.2, 0.25) is 0 Å². The molecule has 1 saturated heterocycles. The Hall–Kier alpha value is -0.0400. The molecule has 2 aliphatic rings. The minimum absolute atomic E-state index is 0.622. The molecule has 1 nitrogen and oxygen atoms in total. The van der Waals surface area contributed by atoms with Crippen molar-refractivity contribution in [2.24, 2.45) is 11.3 Å². The molecule has 2 fully saturated rings. The van der Waals surface area contributed by atoms with Crippen molar-refractivity contribution in [1.82, 2.24) is 5.32 Å². The van der Waals surface area contributed by atoms with Crippen LogP contribution >= 0.6 is 0 Å². The van der Waals surface area contributed by atoms with Gasteiger partial charge in [0.25, 0.3) is 0 Å². The Balaban J connectivity index is 2.14. The van der Waals surface area contributed by atoms with E-state index in [0.717, 1.165) is 12.0 Å². The quantitative estimate of drug-likeness (QED) is 0.584. The molecular weight excluding hydrogens is 146 g/mol. The van der Waals surface area contributed by atoms with E-state index in [2.05, 4.69) is 19.2 Å². The fraction of sp³-hybridized carbons (Fsp3) is 1.00. The molecule has 0 aromatic carbocycles. The fourth-order valence-corrected chi connectivity index (χ4v) is 3.09. The van der Waals surface area contributed by atoms with Gasteiger partial charge in [0.15, 0.2) is 0 Å². The third kappa shape index (κ3) is 1.19. The van der Waals surface area contributed by atoms with E-state index in [1.807, 2.05) is 0 Å². The third-order valence-electron chi connectivity index (χ3n) is 4.35. The van der Waals surface area contributed by atoms with Crippen LogP contribution in [0.1, 0.15) is 46.0 Å². The van der Waals surface area contributed by atoms with Crippen molar-refractivity contribution < 1.29 is 0 Å². The average molecular weight is 167 g/mol. The van der Waals surface area contributed by atoms with E-state index in [1.165, 1.54) is 38.6 Å². The number of fused-ring (bicyclic) bond motifs is 1. The number of piperidine rings is 1. The Labute approximate surface area is 75.9 Å². The Morgan fingerprint density at radius 2 is 2.08 bits per heavy atom. The Bertz CT molecular complexity index is 164. The molecule has 1 heteroatoms. The first-order chi connectivity index (χ1) is 5.73. The maximum Gasteiger partial charge on any atom is 0.0123 e. The molecule has 3 atom stereocenters. The number of hydrogen-bond donors (Lipinski definition) is 1. The third-order valence-corrected chi connectivity index (χ3v) is 4.35. The minimum Gasteiger partial charge on any atom is -0.313 e. The van der Waals surface area contributed by atoms with Crippen LogP contribution in [-0.2, 0) is 0 Å². The Morgan fingerprint density at radius 1 is 1.25 bits per heavy atom. The topological polar surface area (TPSA) is 12.0 Å². The predicted octanol–water partition coefficient (Wildman–Crippen LogP) is 2.56. The Morgan fingerprint density at radius 3 is 2.83 bits per heavy atom. The van der Waals surface area contributed by atoms with E-state index in [1.54, 1.807) is 0 Å². The summed E-state index contributed by atoms with van der Waals surface area (Å²) in [7, 11) is 0. The maximum absolute atomic E-state index is 3.69. The number of hydrogen-bond acceptors (Lipinski definition) is 1. The van der Waals surface area contributed by atoms with Gasteiger partial charge in [-0.3, -0.25) is 0 Å². The van der Waals surface area contributed by atoms with E-state index in [9.17, 15) is 0 Å². The summed E-state index contributed by atoms with van der Waals surface area (Å²) in [6.45, 7) is 6.19. The van der Waals surface area contributed by atoms with E-state index in [4.69, 9.17) is 0 Å². The summed E-state index contributed by atoms with van der Waals surface area (Å²) in [4.78, 5) is 0. The summed E-state index contributed by atoms with van der Waals surface area (Å²) in [5.41, 5.74) is 0.622. The van der Waals surface area contributed by atoms with Crippen LogP contribution in [-0.4, -0.2) is 12.6 Å². The zero-order valence-electron chi connectivity index (χ0n) is 8.40. The highest BCUT2D eigenvalue weighted by Gasteiger charge is 2.42. The lowest BCUT2D eigenvalue weighted by Crippen LogP contribution is -2.53. The standard InChI is InChI=1S/C11H21N/c1-9-6-8-12-10-5-3-4-7-11(9,10)2/h9-10,12H,3-8H2,1-2H3. The van der Waals surface area contributed by atoms with Crippen LogP contribution in [0, 0.1) is 11.3 Å². The van der Waals surface area contributed by atoms with Crippen LogP contribution in [0.15, 0.2) is 0 Å². The van der Waals surface area contributed by atoms with Gasteiger partial charge in [-0.2, -0.15) is 0 Å². The monoisotopic (exact) mass is 167 g/mol. The highest BCUT2D eigenvalue weighted by Crippen LogP contribution is 2.45. The highest BCUT2D eigenvalue weighted by molar-refractivity contribution is 4.97. The van der Waals surface area contributed by atoms with Crippen molar-refractivity contribution in [3.05, 3.63) is 0 Å². The molecule has 1 aliphatic heterocycles. The first-order valence-electron chi connectivity index (χ1n) is 5.47. The van der Waals surface area contributed by atoms with Gasteiger partial charge in [-0.1, -0.05) is 26.7 Å². The summed E-state index contributed by atoms with van der Waals surface area (Å²) in [6.07, 6.45) is 7.15. The van der Waals surface area contributed by atoms with E-state index in [0.29, 0.717) is 5.41 Å². The first kappa shape index (κ1) is 8.55. The van der Waals surface area contributed by atoms with Crippen LogP contribution in [0.25, 0.3) is 0 Å². The van der Waals surface area contributed by atoms with Gasteiger partial charge in [0.1, 0.15) is 0 Å². The first-order valence-corrected chi connectivity index (χ1v) is 5.47. The summed E-state index contributed by atoms with van der Waals surface area (Å²) < 4.78 is 0. The molecule has 0 bridgehead atoms. The lowest BCUT2D eigenvalue weighted by molar-refractivity contribution is 0.0452. The average Bonchev–Trinajstić information content (AvgIpc) is 2.07. The van der Waals surface area contributed by atoms with Crippen LogP contribution in [0.2, 0.25) is 0 Å². The lowest BCUT2D eigenvalue weighted by Gasteiger charge is -2.50. The molecule has 12 heavy (non-hydrogen) atoms. The van der Waals surface area contributed by atoms with Crippen LogP contribution in [0.3, 0.4) is 0 Å². The molecule has 3 unspecified atom stereocenters. The molecule has 0 aromatic rings. The zero-order chi connectivity index (χ0) is 8.60. The molecular formula is C11H21N. The van der Waals surface area contributed by atoms with Crippen molar-refractivity contribution in [3.63, 3.8) is 0 Å². The second-order valence-electron chi connectivity index (χ2n) is 4.95. The van der Waals surface area contributed by atoms with Gasteiger partial charge in [-0.15, -0.1) is 0 Å². The lowest BCUT2D eigenvalue weighted by atomic mass is 9.62. The molecule has 0 spiro atoms. The second kappa shape index (κ2) is 3.02. The normalized spacial score (nSPS) is 48.5. The summed E-state index contributed by atoms with van der Waals surface area (Å²) in [5.74, 6) is 0.934. The zero-order valence-corrected chi connectivity index (χ0v) is 8.40. The van der Waals surface area contributed by atoms with Crippen molar-refractivity contribution in [2.75, 3.05) is 6.54 Å². The fourth-order valence-electron chi connectivity index (χ4n) is 3.09.